The van der Waals surface area contributed by atoms with Crippen LogP contribution < -0.4 is 0 Å². The zero-order valence-electron chi connectivity index (χ0n) is 14.9. The van der Waals surface area contributed by atoms with Crippen LogP contribution in [0.4, 0.5) is 0 Å². The normalized spacial score (nSPS) is 17.0. The molecule has 0 radical (unpaired) electrons. The Morgan fingerprint density at radius 1 is 1.35 bits per heavy atom. The highest BCUT2D eigenvalue weighted by Crippen LogP contribution is 2.22. The minimum absolute atomic E-state index is 0.0469. The fourth-order valence-electron chi connectivity index (χ4n) is 3.45. The molecular weight excluding hydrogens is 330 g/mol. The number of H-pyrrole nitrogens is 1. The van der Waals surface area contributed by atoms with Crippen molar-refractivity contribution in [1.82, 2.24) is 34.8 Å². The number of aryl methyl sites for hydroxylation is 2. The molecule has 0 aromatic carbocycles. The molecule has 0 saturated carbocycles. The first-order valence-electron chi connectivity index (χ1n) is 8.72. The van der Waals surface area contributed by atoms with E-state index in [0.717, 1.165) is 43.0 Å². The van der Waals surface area contributed by atoms with Gasteiger partial charge in [0.2, 0.25) is 0 Å². The first-order valence-corrected chi connectivity index (χ1v) is 8.72. The second-order valence-electron chi connectivity index (χ2n) is 6.75. The lowest BCUT2D eigenvalue weighted by Gasteiger charge is -2.16. The molecule has 0 bridgehead atoms. The van der Waals surface area contributed by atoms with Crippen LogP contribution in [0.3, 0.4) is 0 Å². The Morgan fingerprint density at radius 2 is 2.15 bits per heavy atom. The second kappa shape index (κ2) is 6.70. The Balaban J connectivity index is 1.40. The molecule has 8 nitrogen and oxygen atoms in total. The number of hydrogen-bond donors (Lipinski definition) is 1. The van der Waals surface area contributed by atoms with E-state index < -0.39 is 0 Å². The highest BCUT2D eigenvalue weighted by Gasteiger charge is 2.29. The third-order valence-corrected chi connectivity index (χ3v) is 4.75. The predicted molar refractivity (Wildman–Crippen MR) is 95.3 cm³/mol. The molecule has 1 aliphatic heterocycles. The SMILES string of the molecule is Cc1cc(C(=O)N2CCC(Cc3nc(-c4ccncc4)n[nH]3)C2)n(C)n1. The van der Waals surface area contributed by atoms with E-state index in [2.05, 4.69) is 25.3 Å². The molecule has 1 amide bonds. The summed E-state index contributed by atoms with van der Waals surface area (Å²) in [5.74, 6) is 1.96. The van der Waals surface area contributed by atoms with Gasteiger partial charge in [0.05, 0.1) is 5.69 Å². The van der Waals surface area contributed by atoms with E-state index in [-0.39, 0.29) is 5.91 Å². The molecule has 0 aliphatic carbocycles. The fourth-order valence-corrected chi connectivity index (χ4v) is 3.45. The summed E-state index contributed by atoms with van der Waals surface area (Å²) < 4.78 is 1.66. The summed E-state index contributed by atoms with van der Waals surface area (Å²) in [6.45, 7) is 3.39. The van der Waals surface area contributed by atoms with Crippen molar-refractivity contribution in [3.8, 4) is 11.4 Å². The lowest BCUT2D eigenvalue weighted by atomic mass is 10.1. The van der Waals surface area contributed by atoms with Gasteiger partial charge in [0.25, 0.3) is 5.91 Å². The number of aromatic amines is 1. The van der Waals surface area contributed by atoms with Gasteiger partial charge in [0.1, 0.15) is 11.5 Å². The van der Waals surface area contributed by atoms with Gasteiger partial charge in [-0.3, -0.25) is 19.6 Å². The Morgan fingerprint density at radius 3 is 2.88 bits per heavy atom. The highest BCUT2D eigenvalue weighted by molar-refractivity contribution is 5.92. The topological polar surface area (TPSA) is 92.6 Å². The van der Waals surface area contributed by atoms with Crippen molar-refractivity contribution in [3.05, 3.63) is 47.8 Å². The van der Waals surface area contributed by atoms with Gasteiger partial charge in [0.15, 0.2) is 5.82 Å². The maximum atomic E-state index is 12.7. The van der Waals surface area contributed by atoms with Gasteiger partial charge in [-0.15, -0.1) is 0 Å². The molecule has 1 saturated heterocycles. The van der Waals surface area contributed by atoms with E-state index in [1.807, 2.05) is 37.1 Å². The van der Waals surface area contributed by atoms with Crippen LogP contribution in [-0.2, 0) is 13.5 Å². The summed E-state index contributed by atoms with van der Waals surface area (Å²) in [6.07, 6.45) is 5.21. The molecule has 4 rings (SSSR count). The third kappa shape index (κ3) is 3.22. The zero-order valence-corrected chi connectivity index (χ0v) is 14.9. The molecule has 0 spiro atoms. The van der Waals surface area contributed by atoms with Crippen molar-refractivity contribution < 1.29 is 4.79 Å². The van der Waals surface area contributed by atoms with Gasteiger partial charge in [-0.05, 0) is 37.5 Å². The van der Waals surface area contributed by atoms with Crippen molar-refractivity contribution >= 4 is 5.91 Å². The quantitative estimate of drug-likeness (QED) is 0.771. The molecule has 8 heteroatoms. The number of likely N-dealkylation sites (tertiary alicyclic amines) is 1. The number of amides is 1. The molecule has 1 aliphatic rings. The average Bonchev–Trinajstić information content (AvgIpc) is 3.36. The third-order valence-electron chi connectivity index (χ3n) is 4.75. The number of hydrogen-bond acceptors (Lipinski definition) is 5. The summed E-state index contributed by atoms with van der Waals surface area (Å²) in [4.78, 5) is 23.2. The van der Waals surface area contributed by atoms with Crippen LogP contribution >= 0.6 is 0 Å². The van der Waals surface area contributed by atoms with E-state index in [0.29, 0.717) is 17.4 Å². The zero-order chi connectivity index (χ0) is 18.1. The van der Waals surface area contributed by atoms with Crippen molar-refractivity contribution in [1.29, 1.82) is 0 Å². The van der Waals surface area contributed by atoms with Crippen LogP contribution in [0.1, 0.15) is 28.4 Å². The van der Waals surface area contributed by atoms with Crippen LogP contribution in [0.2, 0.25) is 0 Å². The Labute approximate surface area is 151 Å². The number of nitrogens with zero attached hydrogens (tertiary/aromatic N) is 6. The summed E-state index contributed by atoms with van der Waals surface area (Å²) in [5, 5.41) is 11.6. The van der Waals surface area contributed by atoms with Crippen LogP contribution in [0.15, 0.2) is 30.6 Å². The van der Waals surface area contributed by atoms with Crippen LogP contribution in [0.5, 0.6) is 0 Å². The molecule has 3 aromatic heterocycles. The fraction of sp³-hybridized carbons (Fsp3) is 0.389. The van der Waals surface area contributed by atoms with E-state index in [1.54, 1.807) is 17.1 Å². The van der Waals surface area contributed by atoms with Crippen molar-refractivity contribution in [2.45, 2.75) is 19.8 Å². The van der Waals surface area contributed by atoms with E-state index in [4.69, 9.17) is 0 Å². The Hall–Kier alpha value is -3.03. The summed E-state index contributed by atoms with van der Waals surface area (Å²) in [5.41, 5.74) is 2.44. The highest BCUT2D eigenvalue weighted by atomic mass is 16.2. The molecular formula is C18H21N7O. The minimum atomic E-state index is 0.0469. The van der Waals surface area contributed by atoms with Gasteiger partial charge in [-0.2, -0.15) is 10.2 Å². The van der Waals surface area contributed by atoms with Crippen LogP contribution in [-0.4, -0.2) is 53.8 Å². The van der Waals surface area contributed by atoms with Crippen molar-refractivity contribution in [2.24, 2.45) is 13.0 Å². The van der Waals surface area contributed by atoms with Crippen LogP contribution in [0.25, 0.3) is 11.4 Å². The van der Waals surface area contributed by atoms with Crippen molar-refractivity contribution in [2.75, 3.05) is 13.1 Å². The summed E-state index contributed by atoms with van der Waals surface area (Å²) in [7, 11) is 1.81. The lowest BCUT2D eigenvalue weighted by molar-refractivity contribution is 0.0776. The molecule has 3 aromatic rings. The molecule has 1 N–H and O–H groups in total. The van der Waals surface area contributed by atoms with Gasteiger partial charge < -0.3 is 4.90 Å². The summed E-state index contributed by atoms with van der Waals surface area (Å²) >= 11 is 0. The molecule has 1 fully saturated rings. The van der Waals surface area contributed by atoms with Crippen molar-refractivity contribution in [3.63, 3.8) is 0 Å². The largest absolute Gasteiger partial charge is 0.337 e. The van der Waals surface area contributed by atoms with Gasteiger partial charge >= 0.3 is 0 Å². The summed E-state index contributed by atoms with van der Waals surface area (Å²) in [6, 6.07) is 5.62. The monoisotopic (exact) mass is 351 g/mol. The lowest BCUT2D eigenvalue weighted by Crippen LogP contribution is -2.30. The van der Waals surface area contributed by atoms with Gasteiger partial charge in [-0.1, -0.05) is 0 Å². The number of pyridine rings is 1. The predicted octanol–water partition coefficient (Wildman–Crippen LogP) is 1.61. The molecule has 134 valence electrons. The minimum Gasteiger partial charge on any atom is -0.337 e. The van der Waals surface area contributed by atoms with Gasteiger partial charge in [-0.25, -0.2) is 4.98 Å². The first kappa shape index (κ1) is 16.4. The number of rotatable bonds is 4. The molecule has 26 heavy (non-hydrogen) atoms. The molecule has 1 unspecified atom stereocenters. The molecule has 1 atom stereocenters. The first-order chi connectivity index (χ1) is 12.6. The van der Waals surface area contributed by atoms with E-state index >= 15 is 0 Å². The Kier molecular flexibility index (Phi) is 4.24. The number of nitrogens with one attached hydrogen (secondary N) is 1. The second-order valence-corrected chi connectivity index (χ2v) is 6.75. The van der Waals surface area contributed by atoms with Gasteiger partial charge in [0, 0.05) is 44.5 Å². The van der Waals surface area contributed by atoms with E-state index in [1.165, 1.54) is 0 Å². The van der Waals surface area contributed by atoms with E-state index in [9.17, 15) is 4.79 Å². The molecule has 4 heterocycles. The Bertz CT molecular complexity index is 915. The number of aromatic nitrogens is 6. The average molecular weight is 351 g/mol. The number of carbonyl (C=O) groups excluding carboxylic acids is 1. The maximum absolute atomic E-state index is 12.7. The maximum Gasteiger partial charge on any atom is 0.272 e. The standard InChI is InChI=1S/C18H21N7O/c1-12-9-15(24(2)23-12)18(26)25-8-5-13(11-25)10-16-20-17(22-21-16)14-3-6-19-7-4-14/h3-4,6-7,9,13H,5,8,10-11H2,1-2H3,(H,20,21,22). The number of carbonyl (C=O) groups is 1. The smallest absolute Gasteiger partial charge is 0.272 e. The van der Waals surface area contributed by atoms with Crippen LogP contribution in [0, 0.1) is 12.8 Å².